The molecule has 4 aromatic rings. The zero-order valence-electron chi connectivity index (χ0n) is 26.7. The molecule has 0 aliphatic rings. The number of rotatable bonds is 3. The number of aromatic nitrogens is 2. The van der Waals surface area contributed by atoms with Crippen LogP contribution >= 0.6 is 0 Å². The van der Waals surface area contributed by atoms with E-state index in [4.69, 9.17) is 5.11 Å². The Morgan fingerprint density at radius 1 is 0.705 bits per heavy atom. The largest absolute Gasteiger partial charge is 0.512 e. The summed E-state index contributed by atoms with van der Waals surface area (Å²) in [6, 6.07) is 30.2. The van der Waals surface area contributed by atoms with Crippen molar-refractivity contribution in [1.82, 2.24) is 9.97 Å². The Bertz CT molecular complexity index is 1490. The van der Waals surface area contributed by atoms with Gasteiger partial charge in [0.1, 0.15) is 16.1 Å². The predicted octanol–water partition coefficient (Wildman–Crippen LogP) is 8.59. The van der Waals surface area contributed by atoms with Crippen molar-refractivity contribution in [1.29, 1.82) is 0 Å². The third-order valence-corrected chi connectivity index (χ3v) is 6.83. The summed E-state index contributed by atoms with van der Waals surface area (Å²) in [5.74, 6) is 6.38. The molecule has 2 aromatic carbocycles. The summed E-state index contributed by atoms with van der Waals surface area (Å²) < 4.78 is 0. The van der Waals surface area contributed by atoms with Crippen molar-refractivity contribution in [3.8, 4) is 45.4 Å². The zero-order chi connectivity index (χ0) is 31.9. The summed E-state index contributed by atoms with van der Waals surface area (Å²) in [4.78, 5) is 18.6. The number of aliphatic hydroxyl groups is 1. The van der Waals surface area contributed by atoms with Gasteiger partial charge in [-0.2, -0.15) is 0 Å². The minimum Gasteiger partial charge on any atom is -0.512 e. The molecule has 0 atom stereocenters. The van der Waals surface area contributed by atoms with Gasteiger partial charge in [-0.3, -0.25) is 4.79 Å². The van der Waals surface area contributed by atoms with Crippen LogP contribution in [0, 0.1) is 35.1 Å². The molecule has 229 valence electrons. The second-order valence-corrected chi connectivity index (χ2v) is 21.3. The first-order valence-corrected chi connectivity index (χ1v) is 21.0. The summed E-state index contributed by atoms with van der Waals surface area (Å²) in [5.41, 5.74) is 12.7. The van der Waals surface area contributed by atoms with Crippen LogP contribution in [-0.2, 0) is 24.9 Å². The van der Waals surface area contributed by atoms with Crippen molar-refractivity contribution in [3.05, 3.63) is 120 Å². The monoisotopic (exact) mass is 793 g/mol. The smallest absolute Gasteiger partial charge is 0.155 e. The van der Waals surface area contributed by atoms with Crippen molar-refractivity contribution < 1.29 is 30.0 Å². The Balaban J connectivity index is 0.000000357. The van der Waals surface area contributed by atoms with Crippen molar-refractivity contribution in [2.75, 3.05) is 0 Å². The molecule has 0 aliphatic heterocycles. The average Bonchev–Trinajstić information content (AvgIpc) is 2.96. The Morgan fingerprint density at radius 2 is 1.11 bits per heavy atom. The maximum absolute atomic E-state index is 10.0. The number of pyridine rings is 2. The standard InChI is InChI=1S/2C16H16NSi.C5H8O2.Ir/c2*1-18(2,3)13-11-14-7-9-15(10-8-14)16-6-4-5-12-17-16;1-4(6)3-5(2)7;/h2*4-9,12H,1-3H3;3,6H,1-2H3;/q2*-1;;/b;;4-3-;. The molecule has 0 spiro atoms. The molecule has 0 bridgehead atoms. The maximum atomic E-state index is 10.0. The van der Waals surface area contributed by atoms with E-state index in [1.807, 2.05) is 72.8 Å². The molecule has 0 saturated carbocycles. The van der Waals surface area contributed by atoms with Crippen LogP contribution in [0.25, 0.3) is 22.5 Å². The molecule has 0 amide bonds. The van der Waals surface area contributed by atoms with Crippen LogP contribution in [0.3, 0.4) is 0 Å². The summed E-state index contributed by atoms with van der Waals surface area (Å²) in [5, 5.41) is 8.36. The van der Waals surface area contributed by atoms with E-state index in [1.54, 1.807) is 12.4 Å². The Morgan fingerprint density at radius 3 is 1.34 bits per heavy atom. The molecule has 2 aromatic heterocycles. The van der Waals surface area contributed by atoms with Gasteiger partial charge in [-0.1, -0.05) is 74.7 Å². The Hall–Kier alpha value is -3.85. The molecule has 0 unspecified atom stereocenters. The van der Waals surface area contributed by atoms with Gasteiger partial charge in [0.05, 0.1) is 5.76 Å². The topological polar surface area (TPSA) is 63.1 Å². The predicted molar refractivity (Wildman–Crippen MR) is 185 cm³/mol. The Kier molecular flexibility index (Phi) is 16.3. The number of carbonyl (C=O) groups is 1. The summed E-state index contributed by atoms with van der Waals surface area (Å²) >= 11 is 0. The van der Waals surface area contributed by atoms with Crippen LogP contribution in [0.4, 0.5) is 0 Å². The Labute approximate surface area is 279 Å². The minimum absolute atomic E-state index is 0. The van der Waals surface area contributed by atoms with Gasteiger partial charge in [-0.25, -0.2) is 0 Å². The van der Waals surface area contributed by atoms with E-state index in [1.165, 1.54) is 19.9 Å². The fourth-order valence-electron chi connectivity index (χ4n) is 3.18. The van der Waals surface area contributed by atoms with E-state index in [0.717, 1.165) is 33.6 Å². The number of benzene rings is 2. The fraction of sp³-hybridized carbons (Fsp3) is 0.216. The first-order valence-electron chi connectivity index (χ1n) is 14.0. The molecule has 0 saturated heterocycles. The molecule has 2 heterocycles. The van der Waals surface area contributed by atoms with E-state index < -0.39 is 16.1 Å². The van der Waals surface area contributed by atoms with Gasteiger partial charge in [0, 0.05) is 38.6 Å². The second-order valence-electron chi connectivity index (χ2n) is 11.8. The van der Waals surface area contributed by atoms with E-state index >= 15 is 0 Å². The normalized spacial score (nSPS) is 10.5. The average molecular weight is 793 g/mol. The third-order valence-electron chi connectivity index (χ3n) is 5.08. The molecule has 44 heavy (non-hydrogen) atoms. The van der Waals surface area contributed by atoms with Gasteiger partial charge in [-0.05, 0) is 37.4 Å². The maximum Gasteiger partial charge on any atom is 0.155 e. The van der Waals surface area contributed by atoms with Gasteiger partial charge < -0.3 is 15.1 Å². The van der Waals surface area contributed by atoms with Crippen LogP contribution in [0.15, 0.2) is 97.0 Å². The number of nitrogens with zero attached hydrogens (tertiary/aromatic N) is 2. The van der Waals surface area contributed by atoms with E-state index in [-0.39, 0.29) is 31.6 Å². The number of aliphatic hydroxyl groups excluding tert-OH is 1. The summed E-state index contributed by atoms with van der Waals surface area (Å²) in [7, 11) is -2.61. The van der Waals surface area contributed by atoms with Crippen molar-refractivity contribution >= 4 is 21.9 Å². The summed E-state index contributed by atoms with van der Waals surface area (Å²) in [6.45, 7) is 16.3. The molecule has 0 aliphatic carbocycles. The molecule has 7 heteroatoms. The van der Waals surface area contributed by atoms with Crippen LogP contribution in [0.2, 0.25) is 39.3 Å². The van der Waals surface area contributed by atoms with Gasteiger partial charge >= 0.3 is 0 Å². The van der Waals surface area contributed by atoms with Crippen LogP contribution in [0.5, 0.6) is 0 Å². The van der Waals surface area contributed by atoms with Gasteiger partial charge in [-0.15, -0.1) is 82.6 Å². The van der Waals surface area contributed by atoms with Gasteiger partial charge in [0.2, 0.25) is 0 Å². The zero-order valence-corrected chi connectivity index (χ0v) is 31.1. The molecule has 1 N–H and O–H groups in total. The minimum atomic E-state index is -1.30. The molecule has 4 rings (SSSR count). The number of hydrogen-bond donors (Lipinski definition) is 1. The van der Waals surface area contributed by atoms with Crippen LogP contribution < -0.4 is 0 Å². The SMILES string of the molecule is CC(=O)/C=C(/C)O.C[Si](C)(C)C#Cc1c[c-]c(-c2ccccn2)cc1.C[Si](C)(C)C#Cc1c[c-]c(-c2ccccn2)cc1.[Ir]. The third kappa shape index (κ3) is 16.7. The summed E-state index contributed by atoms with van der Waals surface area (Å²) in [6.07, 6.45) is 4.75. The van der Waals surface area contributed by atoms with E-state index in [0.29, 0.717) is 0 Å². The fourth-order valence-corrected chi connectivity index (χ4v) is 4.22. The molecule has 0 fully saturated rings. The van der Waals surface area contributed by atoms with Crippen LogP contribution in [-0.4, -0.2) is 37.0 Å². The first-order chi connectivity index (χ1) is 20.2. The first kappa shape index (κ1) is 38.2. The van der Waals surface area contributed by atoms with Crippen LogP contribution in [0.1, 0.15) is 25.0 Å². The molecular weight excluding hydrogens is 753 g/mol. The number of hydrogen-bond acceptors (Lipinski definition) is 4. The number of carbonyl (C=O) groups excluding carboxylic acids is 1. The number of allylic oxidation sites excluding steroid dienone is 2. The molecular formula is C37H40IrN2O2Si2-2. The van der Waals surface area contributed by atoms with Gasteiger partial charge in [0.15, 0.2) is 5.78 Å². The van der Waals surface area contributed by atoms with E-state index in [9.17, 15) is 4.79 Å². The van der Waals surface area contributed by atoms with Crippen molar-refractivity contribution in [2.24, 2.45) is 0 Å². The molecule has 4 nitrogen and oxygen atoms in total. The molecule has 1 radical (unpaired) electrons. The van der Waals surface area contributed by atoms with Crippen molar-refractivity contribution in [2.45, 2.75) is 53.1 Å². The van der Waals surface area contributed by atoms with Crippen molar-refractivity contribution in [3.63, 3.8) is 0 Å². The van der Waals surface area contributed by atoms with E-state index in [2.05, 4.69) is 84.3 Å². The quantitative estimate of drug-likeness (QED) is 0.0743. The van der Waals surface area contributed by atoms with Gasteiger partial charge in [0.25, 0.3) is 0 Å². The number of ketones is 1. The second kappa shape index (κ2) is 18.7.